The highest BCUT2D eigenvalue weighted by Gasteiger charge is 2.20. The summed E-state index contributed by atoms with van der Waals surface area (Å²) in [4.78, 5) is 4.68. The molecule has 0 unspecified atom stereocenters. The first-order chi connectivity index (χ1) is 24.7. The Balaban J connectivity index is 0.00000239. The number of hydrogen-bond donors (Lipinski definition) is 0. The molecule has 0 atom stereocenters. The summed E-state index contributed by atoms with van der Waals surface area (Å²) in [5, 5.41) is 2.44. The van der Waals surface area contributed by atoms with Gasteiger partial charge in [0.05, 0.1) is 5.69 Å². The fraction of sp³-hybridized carbons (Fsp3) is 0.125. The molecule has 0 amide bonds. The number of anilines is 5. The van der Waals surface area contributed by atoms with Crippen LogP contribution in [0.4, 0.5) is 28.4 Å². The molecule has 0 aromatic heterocycles. The van der Waals surface area contributed by atoms with Crippen LogP contribution in [0.5, 0.6) is 0 Å². The monoisotopic (exact) mass is 652 g/mol. The Morgan fingerprint density at radius 2 is 1.06 bits per heavy atom. The van der Waals surface area contributed by atoms with Crippen molar-refractivity contribution >= 4 is 39.2 Å². The molecule has 0 spiro atoms. The van der Waals surface area contributed by atoms with Crippen molar-refractivity contribution in [1.82, 2.24) is 0 Å². The Morgan fingerprint density at radius 3 is 1.62 bits per heavy atom. The molecule has 6 rings (SSSR count). The Labute approximate surface area is 299 Å². The van der Waals surface area contributed by atoms with Crippen LogP contribution in [0.1, 0.15) is 41.0 Å². The zero-order chi connectivity index (χ0) is 35.3. The number of nitrogens with zero attached hydrogens (tertiary/aromatic N) is 2. The Kier molecular flexibility index (Phi) is 12.4. The largest absolute Gasteiger partial charge is 0.310 e. The molecule has 6 aromatic carbocycles. The van der Waals surface area contributed by atoms with Crippen molar-refractivity contribution in [3.05, 3.63) is 199 Å². The van der Waals surface area contributed by atoms with Crippen LogP contribution in [0.15, 0.2) is 199 Å². The maximum atomic E-state index is 4.03. The van der Waals surface area contributed by atoms with E-state index in [0.29, 0.717) is 0 Å². The molecular weight excluding hydrogens is 605 g/mol. The van der Waals surface area contributed by atoms with Gasteiger partial charge in [-0.15, -0.1) is 0 Å². The number of para-hydroxylation sites is 2. The molecule has 250 valence electrons. The van der Waals surface area contributed by atoms with Crippen molar-refractivity contribution < 1.29 is 0 Å². The normalized spacial score (nSPS) is 11.8. The standard InChI is InChI=1S/C46H42N2.C2H6/c1-5-18-43(35(6-2)7-3)45(8-4)47(39-21-11-9-12-22-39)41-31-27-36(28-32-41)37-29-33-42(34-30-37)48(40-23-13-10-14-24-40)46-26-17-20-38-19-15-16-25-44(38)46;1-2/h5-6,8-34H,1,7H2,2-4H3;1-2H3/b35-6-,43-18+,45-8+;. The summed E-state index contributed by atoms with van der Waals surface area (Å²) in [5.41, 5.74) is 11.5. The lowest BCUT2D eigenvalue weighted by atomic mass is 9.97. The van der Waals surface area contributed by atoms with Crippen molar-refractivity contribution in [2.24, 2.45) is 0 Å². The van der Waals surface area contributed by atoms with Crippen LogP contribution in [-0.2, 0) is 0 Å². The van der Waals surface area contributed by atoms with Gasteiger partial charge >= 0.3 is 0 Å². The van der Waals surface area contributed by atoms with Crippen LogP contribution in [-0.4, -0.2) is 0 Å². The van der Waals surface area contributed by atoms with Crippen molar-refractivity contribution in [2.45, 2.75) is 41.0 Å². The molecule has 0 aliphatic rings. The van der Waals surface area contributed by atoms with Crippen molar-refractivity contribution in [1.29, 1.82) is 0 Å². The van der Waals surface area contributed by atoms with Crippen LogP contribution in [0, 0.1) is 0 Å². The first-order valence-electron chi connectivity index (χ1n) is 17.7. The van der Waals surface area contributed by atoms with E-state index in [4.69, 9.17) is 0 Å². The molecule has 0 heterocycles. The maximum absolute atomic E-state index is 4.03. The lowest BCUT2D eigenvalue weighted by Crippen LogP contribution is -2.19. The number of rotatable bonds is 11. The molecule has 2 heteroatoms. The minimum Gasteiger partial charge on any atom is -0.310 e. The van der Waals surface area contributed by atoms with Gasteiger partial charge in [0, 0.05) is 39.4 Å². The summed E-state index contributed by atoms with van der Waals surface area (Å²) in [5.74, 6) is 0. The van der Waals surface area contributed by atoms with Gasteiger partial charge in [0.15, 0.2) is 0 Å². The fourth-order valence-corrected chi connectivity index (χ4v) is 6.45. The molecule has 2 nitrogen and oxygen atoms in total. The van der Waals surface area contributed by atoms with E-state index >= 15 is 0 Å². The third-order valence-electron chi connectivity index (χ3n) is 8.77. The second-order valence-corrected chi connectivity index (χ2v) is 11.6. The molecule has 0 bridgehead atoms. The average molecular weight is 653 g/mol. The first-order valence-corrected chi connectivity index (χ1v) is 17.7. The van der Waals surface area contributed by atoms with Gasteiger partial charge in [-0.1, -0.05) is 149 Å². The van der Waals surface area contributed by atoms with Crippen LogP contribution >= 0.6 is 0 Å². The highest BCUT2D eigenvalue weighted by Crippen LogP contribution is 2.40. The zero-order valence-corrected chi connectivity index (χ0v) is 30.1. The number of benzene rings is 6. The van der Waals surface area contributed by atoms with Gasteiger partial charge in [0.1, 0.15) is 0 Å². The number of hydrogen-bond acceptors (Lipinski definition) is 2. The minimum absolute atomic E-state index is 0.938. The highest BCUT2D eigenvalue weighted by atomic mass is 15.2. The lowest BCUT2D eigenvalue weighted by Gasteiger charge is -2.30. The molecule has 6 aromatic rings. The molecule has 0 aliphatic heterocycles. The van der Waals surface area contributed by atoms with E-state index in [9.17, 15) is 0 Å². The average Bonchev–Trinajstić information content (AvgIpc) is 3.19. The molecule has 50 heavy (non-hydrogen) atoms. The lowest BCUT2D eigenvalue weighted by molar-refractivity contribution is 1.07. The maximum Gasteiger partial charge on any atom is 0.0540 e. The van der Waals surface area contributed by atoms with Gasteiger partial charge in [0.25, 0.3) is 0 Å². The van der Waals surface area contributed by atoms with Gasteiger partial charge in [-0.25, -0.2) is 0 Å². The van der Waals surface area contributed by atoms with Crippen LogP contribution < -0.4 is 9.80 Å². The van der Waals surface area contributed by atoms with Gasteiger partial charge in [-0.05, 0) is 97.0 Å². The van der Waals surface area contributed by atoms with E-state index in [2.05, 4.69) is 207 Å². The number of allylic oxidation sites excluding steroid dienone is 5. The van der Waals surface area contributed by atoms with E-state index in [1.165, 1.54) is 33.0 Å². The van der Waals surface area contributed by atoms with E-state index in [1.54, 1.807) is 0 Å². The summed E-state index contributed by atoms with van der Waals surface area (Å²) in [7, 11) is 0. The Hall–Kier alpha value is -5.86. The Morgan fingerprint density at radius 1 is 0.560 bits per heavy atom. The van der Waals surface area contributed by atoms with Crippen molar-refractivity contribution in [3.8, 4) is 11.1 Å². The topological polar surface area (TPSA) is 6.48 Å². The van der Waals surface area contributed by atoms with Crippen LogP contribution in [0.3, 0.4) is 0 Å². The molecule has 0 aliphatic carbocycles. The fourth-order valence-electron chi connectivity index (χ4n) is 6.45. The van der Waals surface area contributed by atoms with Crippen LogP contribution in [0.25, 0.3) is 21.9 Å². The third kappa shape index (κ3) is 7.72. The van der Waals surface area contributed by atoms with E-state index in [1.807, 2.05) is 19.9 Å². The van der Waals surface area contributed by atoms with Crippen LogP contribution in [0.2, 0.25) is 0 Å². The zero-order valence-electron chi connectivity index (χ0n) is 30.1. The summed E-state index contributed by atoms with van der Waals surface area (Å²) in [6.45, 7) is 14.4. The first kappa shape index (κ1) is 35.4. The van der Waals surface area contributed by atoms with Gasteiger partial charge < -0.3 is 9.80 Å². The molecule has 0 saturated heterocycles. The molecule has 0 radical (unpaired) electrons. The minimum atomic E-state index is 0.938. The summed E-state index contributed by atoms with van der Waals surface area (Å²) >= 11 is 0. The summed E-state index contributed by atoms with van der Waals surface area (Å²) in [6.07, 6.45) is 9.34. The van der Waals surface area contributed by atoms with Gasteiger partial charge in [0.2, 0.25) is 0 Å². The summed E-state index contributed by atoms with van der Waals surface area (Å²) in [6, 6.07) is 54.1. The summed E-state index contributed by atoms with van der Waals surface area (Å²) < 4.78 is 0. The smallest absolute Gasteiger partial charge is 0.0540 e. The third-order valence-corrected chi connectivity index (χ3v) is 8.77. The van der Waals surface area contributed by atoms with E-state index in [-0.39, 0.29) is 0 Å². The van der Waals surface area contributed by atoms with Crippen molar-refractivity contribution in [2.75, 3.05) is 9.80 Å². The quantitative estimate of drug-likeness (QED) is 0.129. The highest BCUT2D eigenvalue weighted by molar-refractivity contribution is 5.99. The number of fused-ring (bicyclic) bond motifs is 1. The van der Waals surface area contributed by atoms with E-state index < -0.39 is 0 Å². The second kappa shape index (κ2) is 17.5. The molecule has 0 saturated carbocycles. The second-order valence-electron chi connectivity index (χ2n) is 11.6. The molecular formula is C48H48N2. The Bertz CT molecular complexity index is 2060. The SMILES string of the molecule is C=C/C=C(C(=C/C)\CC)/C(=C\C)N(c1ccccc1)c1ccc(-c2ccc(N(c3ccccc3)c3cccc4ccccc34)cc2)cc1.CC. The van der Waals surface area contributed by atoms with Gasteiger partial charge in [-0.2, -0.15) is 0 Å². The molecule has 0 fully saturated rings. The molecule has 0 N–H and O–H groups in total. The predicted octanol–water partition coefficient (Wildman–Crippen LogP) is 14.5. The van der Waals surface area contributed by atoms with E-state index in [0.717, 1.165) is 40.6 Å². The van der Waals surface area contributed by atoms with Crippen molar-refractivity contribution in [3.63, 3.8) is 0 Å². The van der Waals surface area contributed by atoms with Gasteiger partial charge in [-0.3, -0.25) is 0 Å². The predicted molar refractivity (Wildman–Crippen MR) is 220 cm³/mol.